The molecule has 0 saturated heterocycles. The molecule has 3 nitrogen and oxygen atoms in total. The molecule has 1 fully saturated rings. The first-order chi connectivity index (χ1) is 9.17. The van der Waals surface area contributed by atoms with Crippen molar-refractivity contribution >= 4 is 0 Å². The Morgan fingerprint density at radius 3 is 2.42 bits per heavy atom. The lowest BCUT2D eigenvalue weighted by atomic mass is 9.81. The van der Waals surface area contributed by atoms with E-state index in [9.17, 15) is 0 Å². The molecule has 1 aromatic carbocycles. The highest BCUT2D eigenvalue weighted by atomic mass is 16.5. The fraction of sp³-hybridized carbons (Fsp3) is 0.625. The summed E-state index contributed by atoms with van der Waals surface area (Å²) in [5.74, 6) is 2.47. The minimum atomic E-state index is 0.400. The second-order valence-electron chi connectivity index (χ2n) is 5.52. The number of rotatable bonds is 6. The average Bonchev–Trinajstić information content (AvgIpc) is 2.41. The third-order valence-corrected chi connectivity index (χ3v) is 4.03. The molecular formula is C16H25NO2. The standard InChI is InChI=1S/C16H25NO2/c1-5-14(17-13-8-11(2)9-13)12-6-7-15(18-3)16(10-12)19-4/h6-7,10-11,13-14,17H,5,8-9H2,1-4H3. The molecule has 0 radical (unpaired) electrons. The van der Waals surface area contributed by atoms with Gasteiger partial charge in [0.25, 0.3) is 0 Å². The molecule has 0 aliphatic heterocycles. The van der Waals surface area contributed by atoms with Crippen LogP contribution >= 0.6 is 0 Å². The highest BCUT2D eigenvalue weighted by molar-refractivity contribution is 5.43. The van der Waals surface area contributed by atoms with Gasteiger partial charge in [-0.2, -0.15) is 0 Å². The summed E-state index contributed by atoms with van der Waals surface area (Å²) in [5, 5.41) is 3.74. The molecule has 19 heavy (non-hydrogen) atoms. The first kappa shape index (κ1) is 14.2. The monoisotopic (exact) mass is 263 g/mol. The van der Waals surface area contributed by atoms with E-state index in [1.807, 2.05) is 6.07 Å². The summed E-state index contributed by atoms with van der Waals surface area (Å²) in [6, 6.07) is 7.28. The highest BCUT2D eigenvalue weighted by Gasteiger charge is 2.27. The summed E-state index contributed by atoms with van der Waals surface area (Å²) in [6.07, 6.45) is 3.67. The average molecular weight is 263 g/mol. The molecule has 0 bridgehead atoms. The molecule has 0 heterocycles. The summed E-state index contributed by atoms with van der Waals surface area (Å²) in [7, 11) is 3.35. The van der Waals surface area contributed by atoms with Crippen molar-refractivity contribution in [1.29, 1.82) is 0 Å². The van der Waals surface area contributed by atoms with Gasteiger partial charge in [0.2, 0.25) is 0 Å². The third kappa shape index (κ3) is 3.21. The Balaban J connectivity index is 2.09. The molecule has 1 unspecified atom stereocenters. The van der Waals surface area contributed by atoms with Crippen molar-refractivity contribution in [3.63, 3.8) is 0 Å². The molecule has 0 aromatic heterocycles. The minimum absolute atomic E-state index is 0.400. The van der Waals surface area contributed by atoms with E-state index in [1.165, 1.54) is 18.4 Å². The summed E-state index contributed by atoms with van der Waals surface area (Å²) in [6.45, 7) is 4.53. The number of nitrogens with one attached hydrogen (secondary N) is 1. The summed E-state index contributed by atoms with van der Waals surface area (Å²) < 4.78 is 10.7. The first-order valence-electron chi connectivity index (χ1n) is 7.15. The Labute approximate surface area is 116 Å². The van der Waals surface area contributed by atoms with Crippen LogP contribution in [0.3, 0.4) is 0 Å². The van der Waals surface area contributed by atoms with Gasteiger partial charge in [-0.05, 0) is 42.9 Å². The Hall–Kier alpha value is -1.22. The molecule has 1 aliphatic rings. The minimum Gasteiger partial charge on any atom is -0.493 e. The normalized spacial score (nSPS) is 23.6. The molecule has 0 amide bonds. The van der Waals surface area contributed by atoms with Crippen LogP contribution in [0.2, 0.25) is 0 Å². The van der Waals surface area contributed by atoms with Gasteiger partial charge in [0.15, 0.2) is 11.5 Å². The van der Waals surface area contributed by atoms with Crippen LogP contribution in [-0.4, -0.2) is 20.3 Å². The zero-order valence-corrected chi connectivity index (χ0v) is 12.4. The van der Waals surface area contributed by atoms with Crippen LogP contribution in [0.15, 0.2) is 18.2 Å². The fourth-order valence-electron chi connectivity index (χ4n) is 2.84. The van der Waals surface area contributed by atoms with Crippen LogP contribution in [0.25, 0.3) is 0 Å². The highest BCUT2D eigenvalue weighted by Crippen LogP contribution is 2.33. The molecule has 1 saturated carbocycles. The van der Waals surface area contributed by atoms with E-state index in [0.717, 1.165) is 23.8 Å². The van der Waals surface area contributed by atoms with Crippen molar-refractivity contribution in [3.05, 3.63) is 23.8 Å². The summed E-state index contributed by atoms with van der Waals surface area (Å²) in [4.78, 5) is 0. The van der Waals surface area contributed by atoms with Gasteiger partial charge < -0.3 is 14.8 Å². The van der Waals surface area contributed by atoms with Gasteiger partial charge in [-0.15, -0.1) is 0 Å². The van der Waals surface area contributed by atoms with Crippen LogP contribution in [-0.2, 0) is 0 Å². The fourth-order valence-corrected chi connectivity index (χ4v) is 2.84. The quantitative estimate of drug-likeness (QED) is 0.851. The van der Waals surface area contributed by atoms with Gasteiger partial charge in [-0.1, -0.05) is 19.9 Å². The lowest BCUT2D eigenvalue weighted by Crippen LogP contribution is -2.41. The van der Waals surface area contributed by atoms with E-state index in [1.54, 1.807) is 14.2 Å². The summed E-state index contributed by atoms with van der Waals surface area (Å²) >= 11 is 0. The first-order valence-corrected chi connectivity index (χ1v) is 7.15. The lowest BCUT2D eigenvalue weighted by molar-refractivity contribution is 0.220. The maximum atomic E-state index is 5.38. The Kier molecular flexibility index (Phi) is 4.70. The molecule has 1 atom stereocenters. The second kappa shape index (κ2) is 6.29. The predicted molar refractivity (Wildman–Crippen MR) is 77.9 cm³/mol. The third-order valence-electron chi connectivity index (χ3n) is 4.03. The van der Waals surface area contributed by atoms with Crippen LogP contribution < -0.4 is 14.8 Å². The number of benzene rings is 1. The predicted octanol–water partition coefficient (Wildman–Crippen LogP) is 3.54. The van der Waals surface area contributed by atoms with Gasteiger partial charge in [0.05, 0.1) is 14.2 Å². The maximum Gasteiger partial charge on any atom is 0.161 e. The maximum absolute atomic E-state index is 5.38. The summed E-state index contributed by atoms with van der Waals surface area (Å²) in [5.41, 5.74) is 1.28. The van der Waals surface area contributed by atoms with Crippen molar-refractivity contribution in [2.45, 2.75) is 45.2 Å². The molecule has 106 valence electrons. The van der Waals surface area contributed by atoms with E-state index < -0.39 is 0 Å². The van der Waals surface area contributed by atoms with E-state index in [4.69, 9.17) is 9.47 Å². The zero-order chi connectivity index (χ0) is 13.8. The number of methoxy groups -OCH3 is 2. The Morgan fingerprint density at radius 2 is 1.89 bits per heavy atom. The molecule has 3 heteroatoms. The van der Waals surface area contributed by atoms with E-state index in [2.05, 4.69) is 31.3 Å². The molecule has 1 aliphatic carbocycles. The second-order valence-corrected chi connectivity index (χ2v) is 5.52. The topological polar surface area (TPSA) is 30.5 Å². The van der Waals surface area contributed by atoms with E-state index >= 15 is 0 Å². The smallest absolute Gasteiger partial charge is 0.161 e. The van der Waals surface area contributed by atoms with Gasteiger partial charge >= 0.3 is 0 Å². The number of hydrogen-bond donors (Lipinski definition) is 1. The van der Waals surface area contributed by atoms with Crippen LogP contribution in [0, 0.1) is 5.92 Å². The van der Waals surface area contributed by atoms with Crippen molar-refractivity contribution in [1.82, 2.24) is 5.32 Å². The van der Waals surface area contributed by atoms with Crippen molar-refractivity contribution in [2.24, 2.45) is 5.92 Å². The zero-order valence-electron chi connectivity index (χ0n) is 12.4. The van der Waals surface area contributed by atoms with Gasteiger partial charge in [-0.3, -0.25) is 0 Å². The van der Waals surface area contributed by atoms with Crippen LogP contribution in [0.5, 0.6) is 11.5 Å². The number of ether oxygens (including phenoxy) is 2. The Bertz CT molecular complexity index is 413. The van der Waals surface area contributed by atoms with E-state index in [-0.39, 0.29) is 0 Å². The molecule has 1 N–H and O–H groups in total. The molecule has 2 rings (SSSR count). The Morgan fingerprint density at radius 1 is 1.21 bits per heavy atom. The van der Waals surface area contributed by atoms with E-state index in [0.29, 0.717) is 12.1 Å². The number of hydrogen-bond acceptors (Lipinski definition) is 3. The molecular weight excluding hydrogens is 238 g/mol. The molecule has 0 spiro atoms. The van der Waals surface area contributed by atoms with Crippen molar-refractivity contribution in [2.75, 3.05) is 14.2 Å². The molecule has 1 aromatic rings. The largest absolute Gasteiger partial charge is 0.493 e. The van der Waals surface area contributed by atoms with Crippen molar-refractivity contribution < 1.29 is 9.47 Å². The van der Waals surface area contributed by atoms with Crippen LogP contribution in [0.1, 0.15) is 44.7 Å². The van der Waals surface area contributed by atoms with Gasteiger partial charge in [0, 0.05) is 12.1 Å². The van der Waals surface area contributed by atoms with Crippen molar-refractivity contribution in [3.8, 4) is 11.5 Å². The van der Waals surface area contributed by atoms with Gasteiger partial charge in [-0.25, -0.2) is 0 Å². The SMILES string of the molecule is CCC(NC1CC(C)C1)c1ccc(OC)c(OC)c1. The van der Waals surface area contributed by atoms with Gasteiger partial charge in [0.1, 0.15) is 0 Å². The van der Waals surface area contributed by atoms with Crippen LogP contribution in [0.4, 0.5) is 0 Å². The lowest BCUT2D eigenvalue weighted by Gasteiger charge is -2.36.